The Kier molecular flexibility index (Phi) is 7.57. The molecule has 2 amide bonds. The van der Waals surface area contributed by atoms with Crippen LogP contribution in [0.3, 0.4) is 0 Å². The number of aryl methyl sites for hydroxylation is 1. The van der Waals surface area contributed by atoms with E-state index >= 15 is 0 Å². The van der Waals surface area contributed by atoms with Crippen molar-refractivity contribution in [3.63, 3.8) is 0 Å². The zero-order valence-electron chi connectivity index (χ0n) is 18.7. The number of ether oxygens (including phenoxy) is 3. The number of rotatable bonds is 10. The van der Waals surface area contributed by atoms with E-state index in [-0.39, 0.29) is 31.2 Å². The predicted octanol–water partition coefficient (Wildman–Crippen LogP) is 2.67. The molecule has 168 valence electrons. The van der Waals surface area contributed by atoms with E-state index in [1.165, 1.54) is 0 Å². The molecule has 0 unspecified atom stereocenters. The lowest BCUT2D eigenvalue weighted by atomic mass is 10.1. The van der Waals surface area contributed by atoms with E-state index in [4.69, 9.17) is 14.2 Å². The first-order valence-electron chi connectivity index (χ1n) is 10.5. The molecule has 0 N–H and O–H groups in total. The second-order valence-corrected chi connectivity index (χ2v) is 7.68. The van der Waals surface area contributed by atoms with E-state index in [1.807, 2.05) is 43.8 Å². The largest absolute Gasteiger partial charge is 0.454 e. The van der Waals surface area contributed by atoms with Crippen LogP contribution >= 0.6 is 0 Å². The SMILES string of the molecule is CC[C@@H](C)N(CC(=O)N(CCOC)Cc1cccn1C)C(=O)c1ccc2c(c1)OCO2. The van der Waals surface area contributed by atoms with Crippen LogP contribution in [0, 0.1) is 0 Å². The maximum absolute atomic E-state index is 13.3. The number of carbonyl (C=O) groups is 2. The van der Waals surface area contributed by atoms with Crippen molar-refractivity contribution in [2.24, 2.45) is 7.05 Å². The molecule has 1 aliphatic heterocycles. The van der Waals surface area contributed by atoms with Crippen LogP contribution in [0.25, 0.3) is 0 Å². The topological polar surface area (TPSA) is 73.2 Å². The molecule has 8 heteroatoms. The molecule has 2 aromatic rings. The van der Waals surface area contributed by atoms with Crippen molar-refractivity contribution in [2.45, 2.75) is 32.9 Å². The molecular formula is C23H31N3O5. The Hall–Kier alpha value is -3.00. The van der Waals surface area contributed by atoms with Gasteiger partial charge in [0.2, 0.25) is 12.7 Å². The molecule has 1 atom stereocenters. The lowest BCUT2D eigenvalue weighted by molar-refractivity contribution is -0.133. The van der Waals surface area contributed by atoms with Crippen molar-refractivity contribution in [2.75, 3.05) is 33.6 Å². The minimum atomic E-state index is -0.202. The number of amides is 2. The van der Waals surface area contributed by atoms with E-state index in [1.54, 1.807) is 35.1 Å². The first kappa shape index (κ1) is 22.7. The lowest BCUT2D eigenvalue weighted by Gasteiger charge is -2.31. The van der Waals surface area contributed by atoms with Gasteiger partial charge in [0.05, 0.1) is 13.2 Å². The van der Waals surface area contributed by atoms with Crippen LogP contribution in [0.4, 0.5) is 0 Å². The fourth-order valence-electron chi connectivity index (χ4n) is 3.44. The summed E-state index contributed by atoms with van der Waals surface area (Å²) < 4.78 is 17.9. The van der Waals surface area contributed by atoms with Gasteiger partial charge in [0, 0.05) is 44.2 Å². The number of fused-ring (bicyclic) bond motifs is 1. The molecule has 1 aromatic carbocycles. The van der Waals surface area contributed by atoms with Crippen molar-refractivity contribution < 1.29 is 23.8 Å². The third-order valence-corrected chi connectivity index (χ3v) is 5.63. The van der Waals surface area contributed by atoms with Crippen LogP contribution in [0.5, 0.6) is 11.5 Å². The van der Waals surface area contributed by atoms with Gasteiger partial charge in [-0.05, 0) is 43.7 Å². The lowest BCUT2D eigenvalue weighted by Crippen LogP contribution is -2.47. The molecule has 0 saturated carbocycles. The standard InChI is InChI=1S/C23H31N3O5/c1-5-17(2)26(23(28)18-8-9-20-21(13-18)31-16-30-20)15-22(27)25(11-12-29-4)14-19-7-6-10-24(19)3/h6-10,13,17H,5,11-12,14-16H2,1-4H3/t17-/m1/s1. The Labute approximate surface area is 183 Å². The molecule has 1 aliphatic rings. The van der Waals surface area contributed by atoms with Gasteiger partial charge in [-0.15, -0.1) is 0 Å². The second kappa shape index (κ2) is 10.3. The molecule has 0 radical (unpaired) electrons. The summed E-state index contributed by atoms with van der Waals surface area (Å²) in [7, 11) is 3.56. The highest BCUT2D eigenvalue weighted by molar-refractivity contribution is 5.97. The molecular weight excluding hydrogens is 398 g/mol. The van der Waals surface area contributed by atoms with E-state index in [9.17, 15) is 9.59 Å². The molecule has 31 heavy (non-hydrogen) atoms. The molecule has 0 spiro atoms. The van der Waals surface area contributed by atoms with Gasteiger partial charge in [-0.3, -0.25) is 9.59 Å². The van der Waals surface area contributed by atoms with E-state index in [2.05, 4.69) is 0 Å². The predicted molar refractivity (Wildman–Crippen MR) is 116 cm³/mol. The van der Waals surface area contributed by atoms with Gasteiger partial charge in [-0.25, -0.2) is 0 Å². The number of benzene rings is 1. The van der Waals surface area contributed by atoms with Crippen molar-refractivity contribution in [1.82, 2.24) is 14.4 Å². The first-order chi connectivity index (χ1) is 14.9. The number of aromatic nitrogens is 1. The normalized spacial score (nSPS) is 13.2. The highest BCUT2D eigenvalue weighted by Crippen LogP contribution is 2.33. The summed E-state index contributed by atoms with van der Waals surface area (Å²) in [6.07, 6.45) is 2.68. The molecule has 0 bridgehead atoms. The molecule has 0 aliphatic carbocycles. The Morgan fingerprint density at radius 3 is 2.68 bits per heavy atom. The maximum Gasteiger partial charge on any atom is 0.254 e. The van der Waals surface area contributed by atoms with Crippen LogP contribution in [0.2, 0.25) is 0 Å². The van der Waals surface area contributed by atoms with Gasteiger partial charge >= 0.3 is 0 Å². The van der Waals surface area contributed by atoms with Crippen LogP contribution in [-0.4, -0.2) is 65.8 Å². The van der Waals surface area contributed by atoms with Gasteiger partial charge < -0.3 is 28.6 Å². The Balaban J connectivity index is 1.78. The summed E-state index contributed by atoms with van der Waals surface area (Å²) in [6, 6.07) is 8.95. The fraction of sp³-hybridized carbons (Fsp3) is 0.478. The summed E-state index contributed by atoms with van der Waals surface area (Å²) in [6.45, 7) is 5.43. The summed E-state index contributed by atoms with van der Waals surface area (Å²) in [4.78, 5) is 29.9. The zero-order valence-corrected chi connectivity index (χ0v) is 18.7. The van der Waals surface area contributed by atoms with Gasteiger partial charge in [0.15, 0.2) is 11.5 Å². The fourth-order valence-corrected chi connectivity index (χ4v) is 3.44. The minimum Gasteiger partial charge on any atom is -0.454 e. The summed E-state index contributed by atoms with van der Waals surface area (Å²) in [5.74, 6) is 0.849. The monoisotopic (exact) mass is 429 g/mol. The summed E-state index contributed by atoms with van der Waals surface area (Å²) >= 11 is 0. The Morgan fingerprint density at radius 2 is 2.00 bits per heavy atom. The quantitative estimate of drug-likeness (QED) is 0.581. The number of hydrogen-bond acceptors (Lipinski definition) is 5. The third kappa shape index (κ3) is 5.38. The van der Waals surface area contributed by atoms with Gasteiger partial charge in [0.25, 0.3) is 5.91 Å². The highest BCUT2D eigenvalue weighted by atomic mass is 16.7. The average molecular weight is 430 g/mol. The van der Waals surface area contributed by atoms with E-state index in [0.29, 0.717) is 36.8 Å². The average Bonchev–Trinajstić information content (AvgIpc) is 3.41. The van der Waals surface area contributed by atoms with Crippen LogP contribution < -0.4 is 9.47 Å². The first-order valence-corrected chi connectivity index (χ1v) is 10.5. The van der Waals surface area contributed by atoms with Crippen molar-refractivity contribution in [3.05, 3.63) is 47.8 Å². The minimum absolute atomic E-state index is 0.00355. The van der Waals surface area contributed by atoms with Crippen LogP contribution in [0.1, 0.15) is 36.3 Å². The Bertz CT molecular complexity index is 910. The van der Waals surface area contributed by atoms with Crippen molar-refractivity contribution in [3.8, 4) is 11.5 Å². The smallest absolute Gasteiger partial charge is 0.254 e. The van der Waals surface area contributed by atoms with Gasteiger partial charge in [0.1, 0.15) is 6.54 Å². The molecule has 8 nitrogen and oxygen atoms in total. The molecule has 0 saturated heterocycles. The van der Waals surface area contributed by atoms with Crippen LogP contribution in [0.15, 0.2) is 36.5 Å². The van der Waals surface area contributed by atoms with Gasteiger partial charge in [-0.2, -0.15) is 0 Å². The molecule has 0 fully saturated rings. The maximum atomic E-state index is 13.3. The molecule has 3 rings (SSSR count). The van der Waals surface area contributed by atoms with Crippen LogP contribution in [-0.2, 0) is 23.1 Å². The van der Waals surface area contributed by atoms with Crippen molar-refractivity contribution >= 4 is 11.8 Å². The molecule has 1 aromatic heterocycles. The zero-order chi connectivity index (χ0) is 22.4. The molecule has 2 heterocycles. The van der Waals surface area contributed by atoms with E-state index in [0.717, 1.165) is 12.1 Å². The summed E-state index contributed by atoms with van der Waals surface area (Å²) in [5, 5.41) is 0. The Morgan fingerprint density at radius 1 is 1.23 bits per heavy atom. The number of hydrogen-bond donors (Lipinski definition) is 0. The summed E-state index contributed by atoms with van der Waals surface area (Å²) in [5.41, 5.74) is 1.49. The van der Waals surface area contributed by atoms with E-state index < -0.39 is 0 Å². The van der Waals surface area contributed by atoms with Gasteiger partial charge in [-0.1, -0.05) is 6.92 Å². The highest BCUT2D eigenvalue weighted by Gasteiger charge is 2.27. The second-order valence-electron chi connectivity index (χ2n) is 7.68. The number of nitrogens with zero attached hydrogens (tertiary/aromatic N) is 3. The van der Waals surface area contributed by atoms with Crippen molar-refractivity contribution in [1.29, 1.82) is 0 Å². The number of methoxy groups -OCH3 is 1. The number of carbonyl (C=O) groups excluding carboxylic acids is 2. The third-order valence-electron chi connectivity index (χ3n) is 5.63.